The zero-order valence-corrected chi connectivity index (χ0v) is 10.5. The van der Waals surface area contributed by atoms with Crippen molar-refractivity contribution in [2.75, 3.05) is 0 Å². The van der Waals surface area contributed by atoms with Gasteiger partial charge in [0.15, 0.2) is 17.1 Å². The number of aromatic nitrogens is 6. The van der Waals surface area contributed by atoms with Crippen LogP contribution in [-0.2, 0) is 0 Å². The molecule has 0 spiro atoms. The zero-order valence-electron chi connectivity index (χ0n) is 9.66. The first kappa shape index (κ1) is 10.4. The molecule has 3 aromatic heterocycles. The van der Waals surface area contributed by atoms with Crippen molar-refractivity contribution in [1.29, 1.82) is 0 Å². The highest BCUT2D eigenvalue weighted by Crippen LogP contribution is 2.19. The third-order valence-electron chi connectivity index (χ3n) is 2.95. The van der Waals surface area contributed by atoms with Gasteiger partial charge < -0.3 is 0 Å². The minimum absolute atomic E-state index is 0.509. The van der Waals surface area contributed by atoms with Crippen LogP contribution < -0.4 is 0 Å². The highest BCUT2D eigenvalue weighted by Gasteiger charge is 2.10. The molecular weight excluding hydrogens is 260 g/mol. The van der Waals surface area contributed by atoms with Crippen molar-refractivity contribution in [3.8, 4) is 11.4 Å². The van der Waals surface area contributed by atoms with Crippen LogP contribution in [0.15, 0.2) is 36.5 Å². The molecule has 4 rings (SSSR count). The molecule has 0 aliphatic rings. The van der Waals surface area contributed by atoms with E-state index in [-0.39, 0.29) is 0 Å². The van der Waals surface area contributed by atoms with Gasteiger partial charge in [0.1, 0.15) is 0 Å². The predicted octanol–water partition coefficient (Wildman–Crippen LogP) is 2.33. The fourth-order valence-corrected chi connectivity index (χ4v) is 2.22. The van der Waals surface area contributed by atoms with E-state index in [1.807, 2.05) is 30.3 Å². The van der Waals surface area contributed by atoms with Gasteiger partial charge in [-0.15, -0.1) is 0 Å². The molecule has 2 N–H and O–H groups in total. The zero-order chi connectivity index (χ0) is 12.8. The minimum Gasteiger partial charge on any atom is -0.273 e. The third-order valence-corrected chi connectivity index (χ3v) is 3.23. The molecule has 0 saturated heterocycles. The maximum atomic E-state index is 5.12. The molecule has 0 atom stereocenters. The van der Waals surface area contributed by atoms with Crippen molar-refractivity contribution in [1.82, 2.24) is 29.8 Å². The summed E-state index contributed by atoms with van der Waals surface area (Å²) in [6.07, 6.45) is 1.76. The summed E-state index contributed by atoms with van der Waals surface area (Å²) in [6.45, 7) is 0. The second-order valence-electron chi connectivity index (χ2n) is 4.12. The lowest BCUT2D eigenvalue weighted by atomic mass is 10.2. The number of H-pyrrole nitrogens is 2. The molecule has 0 fully saturated rings. The van der Waals surface area contributed by atoms with E-state index in [1.54, 1.807) is 10.7 Å². The van der Waals surface area contributed by atoms with E-state index < -0.39 is 0 Å². The van der Waals surface area contributed by atoms with Gasteiger partial charge in [0, 0.05) is 11.8 Å². The summed E-state index contributed by atoms with van der Waals surface area (Å²) in [6, 6.07) is 9.83. The van der Waals surface area contributed by atoms with E-state index in [2.05, 4.69) is 25.3 Å². The van der Waals surface area contributed by atoms with E-state index >= 15 is 0 Å². The summed E-state index contributed by atoms with van der Waals surface area (Å²) < 4.78 is 2.19. The Kier molecular flexibility index (Phi) is 2.04. The predicted molar refractivity (Wildman–Crippen MR) is 73.3 cm³/mol. The van der Waals surface area contributed by atoms with E-state index in [0.717, 1.165) is 16.6 Å². The Hall–Kier alpha value is -2.54. The number of rotatable bonds is 1. The quantitative estimate of drug-likeness (QED) is 0.520. The van der Waals surface area contributed by atoms with Crippen LogP contribution in [0, 0.1) is 4.77 Å². The highest BCUT2D eigenvalue weighted by molar-refractivity contribution is 7.71. The number of aromatic amines is 2. The molecule has 3 heterocycles. The average Bonchev–Trinajstić information content (AvgIpc) is 2.99. The van der Waals surface area contributed by atoms with Crippen LogP contribution in [-0.4, -0.2) is 29.8 Å². The van der Waals surface area contributed by atoms with Gasteiger partial charge in [-0.05, 0) is 12.2 Å². The Morgan fingerprint density at radius 3 is 2.84 bits per heavy atom. The number of nitrogens with zero attached hydrogens (tertiary/aromatic N) is 4. The van der Waals surface area contributed by atoms with Gasteiger partial charge >= 0.3 is 0 Å². The van der Waals surface area contributed by atoms with Crippen LogP contribution in [0.2, 0.25) is 0 Å². The Morgan fingerprint density at radius 2 is 2.00 bits per heavy atom. The number of nitrogens with one attached hydrogen (secondary N) is 2. The molecule has 1 aromatic carbocycles. The van der Waals surface area contributed by atoms with E-state index in [9.17, 15) is 0 Å². The van der Waals surface area contributed by atoms with E-state index in [4.69, 9.17) is 12.2 Å². The maximum absolute atomic E-state index is 5.12. The number of benzene rings is 1. The number of hydrogen-bond donors (Lipinski definition) is 2. The Bertz CT molecular complexity index is 933. The van der Waals surface area contributed by atoms with Gasteiger partial charge in [-0.25, -0.2) is 19.6 Å². The summed E-state index contributed by atoms with van der Waals surface area (Å²) in [5, 5.41) is 10.8. The van der Waals surface area contributed by atoms with Gasteiger partial charge in [0.25, 0.3) is 0 Å². The summed E-state index contributed by atoms with van der Waals surface area (Å²) in [7, 11) is 0. The topological polar surface area (TPSA) is 74.7 Å². The van der Waals surface area contributed by atoms with Crippen molar-refractivity contribution in [2.24, 2.45) is 0 Å². The Labute approximate surface area is 112 Å². The average molecular weight is 268 g/mol. The molecule has 0 saturated carbocycles. The molecule has 0 amide bonds. The Morgan fingerprint density at radius 1 is 1.16 bits per heavy atom. The summed E-state index contributed by atoms with van der Waals surface area (Å²) in [4.78, 5) is 8.88. The number of hydrogen-bond acceptors (Lipinski definition) is 4. The van der Waals surface area contributed by atoms with Crippen LogP contribution in [0.3, 0.4) is 0 Å². The van der Waals surface area contributed by atoms with Crippen molar-refractivity contribution < 1.29 is 0 Å². The van der Waals surface area contributed by atoms with E-state index in [0.29, 0.717) is 16.2 Å². The normalized spacial score (nSPS) is 11.4. The van der Waals surface area contributed by atoms with Gasteiger partial charge in [0.2, 0.25) is 4.77 Å². The summed E-state index contributed by atoms with van der Waals surface area (Å²) in [5.74, 6) is 0.674. The lowest BCUT2D eigenvalue weighted by Gasteiger charge is -1.98. The second kappa shape index (κ2) is 3.72. The Balaban J connectivity index is 2.02. The van der Waals surface area contributed by atoms with Crippen LogP contribution in [0.5, 0.6) is 0 Å². The monoisotopic (exact) mass is 268 g/mol. The first-order valence-corrected chi connectivity index (χ1v) is 6.11. The molecule has 0 aliphatic heterocycles. The van der Waals surface area contributed by atoms with Crippen molar-refractivity contribution in [2.45, 2.75) is 0 Å². The molecule has 0 unspecified atom stereocenters. The number of fused-ring (bicyclic) bond motifs is 3. The first-order valence-electron chi connectivity index (χ1n) is 5.70. The van der Waals surface area contributed by atoms with Crippen LogP contribution in [0.4, 0.5) is 0 Å². The van der Waals surface area contributed by atoms with Crippen LogP contribution in [0.1, 0.15) is 0 Å². The van der Waals surface area contributed by atoms with Gasteiger partial charge in [-0.1, -0.05) is 30.3 Å². The van der Waals surface area contributed by atoms with Crippen molar-refractivity contribution in [3.05, 3.63) is 41.3 Å². The van der Waals surface area contributed by atoms with Gasteiger partial charge in [-0.3, -0.25) is 5.10 Å². The van der Waals surface area contributed by atoms with E-state index in [1.165, 1.54) is 0 Å². The SMILES string of the molecule is S=c1[nH]nc2c3cnc(-c4ccccc4)nc3[nH]n12. The highest BCUT2D eigenvalue weighted by atomic mass is 32.1. The molecule has 4 aromatic rings. The molecule has 19 heavy (non-hydrogen) atoms. The molecule has 0 radical (unpaired) electrons. The largest absolute Gasteiger partial charge is 0.273 e. The standard InChI is InChI=1S/C12H8N6S/c19-12-16-15-11-8-6-13-9(7-4-2-1-3-5-7)14-10(8)17-18(11)12/h1-6H,(H,16,19)(H,13,14,17). The second-order valence-corrected chi connectivity index (χ2v) is 4.51. The summed E-state index contributed by atoms with van der Waals surface area (Å²) >= 11 is 5.12. The molecule has 0 bridgehead atoms. The first-order chi connectivity index (χ1) is 9.33. The lowest BCUT2D eigenvalue weighted by Crippen LogP contribution is -1.89. The minimum atomic E-state index is 0.509. The smallest absolute Gasteiger partial charge is 0.215 e. The summed E-state index contributed by atoms with van der Waals surface area (Å²) in [5.41, 5.74) is 2.40. The fraction of sp³-hybridized carbons (Fsp3) is 0. The maximum Gasteiger partial charge on any atom is 0.215 e. The molecular formula is C12H8N6S. The molecule has 7 heteroatoms. The van der Waals surface area contributed by atoms with Crippen molar-refractivity contribution in [3.63, 3.8) is 0 Å². The molecule has 6 nitrogen and oxygen atoms in total. The van der Waals surface area contributed by atoms with Crippen LogP contribution >= 0.6 is 12.2 Å². The van der Waals surface area contributed by atoms with Gasteiger partial charge in [0.05, 0.1) is 5.39 Å². The fourth-order valence-electron chi connectivity index (χ4n) is 2.04. The molecule has 92 valence electrons. The molecule has 0 aliphatic carbocycles. The van der Waals surface area contributed by atoms with Crippen molar-refractivity contribution >= 4 is 28.9 Å². The lowest BCUT2D eigenvalue weighted by molar-refractivity contribution is 0.943. The van der Waals surface area contributed by atoms with Gasteiger partial charge in [-0.2, -0.15) is 5.10 Å². The third kappa shape index (κ3) is 1.48. The van der Waals surface area contributed by atoms with Crippen LogP contribution in [0.25, 0.3) is 28.1 Å².